The molecular weight excluding hydrogens is 246 g/mol. The molecule has 110 valence electrons. The molecule has 0 saturated carbocycles. The van der Waals surface area contributed by atoms with Crippen LogP contribution in [-0.4, -0.2) is 63.7 Å². The van der Waals surface area contributed by atoms with Gasteiger partial charge in [-0.25, -0.2) is 0 Å². The first-order valence-electron chi connectivity index (χ1n) is 6.79. The minimum absolute atomic E-state index is 0.0296. The van der Waals surface area contributed by atoms with E-state index in [9.17, 15) is 9.59 Å². The first-order chi connectivity index (χ1) is 9.09. The quantitative estimate of drug-likeness (QED) is 0.689. The van der Waals surface area contributed by atoms with E-state index in [0.717, 1.165) is 25.9 Å². The Balaban J connectivity index is 2.81. The van der Waals surface area contributed by atoms with E-state index in [1.807, 2.05) is 6.92 Å². The van der Waals surface area contributed by atoms with Gasteiger partial charge in [0.15, 0.2) is 0 Å². The number of carbonyl (C=O) groups excluding carboxylic acids is 2. The number of hydrogen-bond donors (Lipinski definition) is 2. The molecule has 1 saturated heterocycles. The number of rotatable bonds is 6. The third-order valence-electron chi connectivity index (χ3n) is 3.72. The number of amides is 2. The third kappa shape index (κ3) is 3.91. The molecule has 1 rings (SSSR count). The van der Waals surface area contributed by atoms with Crippen molar-refractivity contribution < 1.29 is 14.3 Å². The topological polar surface area (TPSA) is 70.7 Å². The van der Waals surface area contributed by atoms with Crippen molar-refractivity contribution in [2.45, 2.75) is 19.8 Å². The molecule has 2 N–H and O–H groups in total. The Bertz CT molecular complexity index is 309. The number of hydrogen-bond acceptors (Lipinski definition) is 4. The normalized spacial score (nSPS) is 17.8. The maximum atomic E-state index is 12.7. The van der Waals surface area contributed by atoms with Crippen LogP contribution in [0, 0.1) is 5.41 Å². The van der Waals surface area contributed by atoms with Gasteiger partial charge < -0.3 is 20.3 Å². The lowest BCUT2D eigenvalue weighted by atomic mass is 9.78. The number of piperidine rings is 1. The minimum Gasteiger partial charge on any atom is -0.384 e. The van der Waals surface area contributed by atoms with Crippen LogP contribution in [0.3, 0.4) is 0 Å². The Morgan fingerprint density at radius 2 is 2.00 bits per heavy atom. The molecule has 0 bridgehead atoms. The van der Waals surface area contributed by atoms with Crippen LogP contribution < -0.4 is 10.6 Å². The summed E-state index contributed by atoms with van der Waals surface area (Å²) in [5.74, 6) is -0.112. The molecule has 0 aromatic carbocycles. The molecule has 1 heterocycles. The van der Waals surface area contributed by atoms with Gasteiger partial charge in [0.1, 0.15) is 0 Å². The number of carbonyl (C=O) groups is 2. The second kappa shape index (κ2) is 7.45. The van der Waals surface area contributed by atoms with E-state index < -0.39 is 5.41 Å². The van der Waals surface area contributed by atoms with Crippen LogP contribution in [-0.2, 0) is 14.3 Å². The molecule has 1 aliphatic rings. The largest absolute Gasteiger partial charge is 0.384 e. The zero-order valence-corrected chi connectivity index (χ0v) is 12.1. The summed E-state index contributed by atoms with van der Waals surface area (Å²) >= 11 is 0. The number of ether oxygens (including phenoxy) is 1. The second-order valence-electron chi connectivity index (χ2n) is 4.96. The van der Waals surface area contributed by atoms with Crippen molar-refractivity contribution in [3.05, 3.63) is 0 Å². The fraction of sp³-hybridized carbons (Fsp3) is 0.846. The van der Waals surface area contributed by atoms with Gasteiger partial charge in [-0.05, 0) is 32.9 Å². The lowest BCUT2D eigenvalue weighted by Crippen LogP contribution is -2.53. The summed E-state index contributed by atoms with van der Waals surface area (Å²) in [7, 11) is 3.20. The number of methoxy groups -OCH3 is 1. The van der Waals surface area contributed by atoms with Crippen LogP contribution in [0.25, 0.3) is 0 Å². The van der Waals surface area contributed by atoms with Gasteiger partial charge in [0, 0.05) is 20.7 Å². The molecule has 2 amide bonds. The lowest BCUT2D eigenvalue weighted by Gasteiger charge is -2.39. The average Bonchev–Trinajstić information content (AvgIpc) is 2.45. The maximum Gasteiger partial charge on any atom is 0.239 e. The van der Waals surface area contributed by atoms with E-state index in [4.69, 9.17) is 4.74 Å². The van der Waals surface area contributed by atoms with Crippen molar-refractivity contribution in [3.63, 3.8) is 0 Å². The standard InChI is InChI=1S/C13H25N3O3/c1-4-16(9-11(17)14-2)12(18)13(10-19-3)5-7-15-8-6-13/h15H,4-10H2,1-3H3,(H,14,17). The molecule has 0 radical (unpaired) electrons. The smallest absolute Gasteiger partial charge is 0.239 e. The van der Waals surface area contributed by atoms with E-state index in [2.05, 4.69) is 10.6 Å². The van der Waals surface area contributed by atoms with Gasteiger partial charge in [0.2, 0.25) is 11.8 Å². The summed E-state index contributed by atoms with van der Waals surface area (Å²) in [5.41, 5.74) is -0.482. The number of nitrogens with one attached hydrogen (secondary N) is 2. The molecule has 0 aromatic rings. The van der Waals surface area contributed by atoms with Crippen LogP contribution in [0.2, 0.25) is 0 Å². The molecule has 0 aromatic heterocycles. The average molecular weight is 271 g/mol. The SMILES string of the molecule is CCN(CC(=O)NC)C(=O)C1(COC)CCNCC1. The van der Waals surface area contributed by atoms with Gasteiger partial charge in [-0.15, -0.1) is 0 Å². The van der Waals surface area contributed by atoms with Crippen molar-refractivity contribution in [3.8, 4) is 0 Å². The molecule has 0 aliphatic carbocycles. The highest BCUT2D eigenvalue weighted by Crippen LogP contribution is 2.31. The first kappa shape index (κ1) is 15.9. The Morgan fingerprint density at radius 3 is 2.47 bits per heavy atom. The van der Waals surface area contributed by atoms with Crippen molar-refractivity contribution in [1.29, 1.82) is 0 Å². The fourth-order valence-electron chi connectivity index (χ4n) is 2.52. The molecular formula is C13H25N3O3. The molecule has 19 heavy (non-hydrogen) atoms. The summed E-state index contributed by atoms with van der Waals surface area (Å²) in [4.78, 5) is 25.8. The highest BCUT2D eigenvalue weighted by Gasteiger charge is 2.42. The molecule has 0 atom stereocenters. The summed E-state index contributed by atoms with van der Waals surface area (Å²) in [6.07, 6.45) is 1.51. The van der Waals surface area contributed by atoms with E-state index in [0.29, 0.717) is 13.2 Å². The second-order valence-corrected chi connectivity index (χ2v) is 4.96. The number of likely N-dealkylation sites (N-methyl/N-ethyl adjacent to an activating group) is 2. The third-order valence-corrected chi connectivity index (χ3v) is 3.72. The summed E-state index contributed by atoms with van der Waals surface area (Å²) in [6.45, 7) is 4.58. The van der Waals surface area contributed by atoms with E-state index in [1.54, 1.807) is 19.1 Å². The van der Waals surface area contributed by atoms with Crippen molar-refractivity contribution in [2.75, 3.05) is 46.9 Å². The monoisotopic (exact) mass is 271 g/mol. The van der Waals surface area contributed by atoms with Gasteiger partial charge >= 0.3 is 0 Å². The highest BCUT2D eigenvalue weighted by atomic mass is 16.5. The maximum absolute atomic E-state index is 12.7. The van der Waals surface area contributed by atoms with Crippen LogP contribution in [0.15, 0.2) is 0 Å². The van der Waals surface area contributed by atoms with E-state index in [-0.39, 0.29) is 18.4 Å². The van der Waals surface area contributed by atoms with Gasteiger partial charge in [-0.1, -0.05) is 0 Å². The Kier molecular flexibility index (Phi) is 6.24. The summed E-state index contributed by atoms with van der Waals surface area (Å²) < 4.78 is 5.26. The van der Waals surface area contributed by atoms with Crippen molar-refractivity contribution in [1.82, 2.24) is 15.5 Å². The van der Waals surface area contributed by atoms with Gasteiger partial charge in [-0.3, -0.25) is 9.59 Å². The molecule has 1 fully saturated rings. The Labute approximate surface area is 114 Å². The van der Waals surface area contributed by atoms with Crippen molar-refractivity contribution >= 4 is 11.8 Å². The number of nitrogens with zero attached hydrogens (tertiary/aromatic N) is 1. The predicted octanol–water partition coefficient (Wildman–Crippen LogP) is -0.403. The Morgan fingerprint density at radius 1 is 1.37 bits per heavy atom. The van der Waals surface area contributed by atoms with Crippen LogP contribution >= 0.6 is 0 Å². The molecule has 6 heteroatoms. The summed E-state index contributed by atoms with van der Waals surface area (Å²) in [5, 5.41) is 5.81. The van der Waals surface area contributed by atoms with Crippen LogP contribution in [0.1, 0.15) is 19.8 Å². The first-order valence-corrected chi connectivity index (χ1v) is 6.79. The molecule has 0 unspecified atom stereocenters. The zero-order valence-electron chi connectivity index (χ0n) is 12.1. The molecule has 0 spiro atoms. The Hall–Kier alpha value is -1.14. The van der Waals surface area contributed by atoms with E-state index in [1.165, 1.54) is 0 Å². The molecule has 6 nitrogen and oxygen atoms in total. The van der Waals surface area contributed by atoms with E-state index >= 15 is 0 Å². The predicted molar refractivity (Wildman–Crippen MR) is 72.7 cm³/mol. The fourth-order valence-corrected chi connectivity index (χ4v) is 2.52. The van der Waals surface area contributed by atoms with Gasteiger partial charge in [-0.2, -0.15) is 0 Å². The van der Waals surface area contributed by atoms with Gasteiger partial charge in [0.25, 0.3) is 0 Å². The summed E-state index contributed by atoms with van der Waals surface area (Å²) in [6, 6.07) is 0. The van der Waals surface area contributed by atoms with Gasteiger partial charge in [0.05, 0.1) is 18.6 Å². The molecule has 1 aliphatic heterocycles. The van der Waals surface area contributed by atoms with Crippen molar-refractivity contribution in [2.24, 2.45) is 5.41 Å². The minimum atomic E-state index is -0.482. The lowest BCUT2D eigenvalue weighted by molar-refractivity contribution is -0.149. The van der Waals surface area contributed by atoms with Crippen LogP contribution in [0.4, 0.5) is 0 Å². The highest BCUT2D eigenvalue weighted by molar-refractivity contribution is 5.88. The zero-order chi connectivity index (χ0) is 14.3. The van der Waals surface area contributed by atoms with Crippen LogP contribution in [0.5, 0.6) is 0 Å².